The smallest absolute Gasteiger partial charge is 0.253 e. The Morgan fingerprint density at radius 2 is 2.03 bits per heavy atom. The zero-order chi connectivity index (χ0) is 21.3. The Morgan fingerprint density at radius 1 is 1.20 bits per heavy atom. The number of primary sulfonamides is 1. The lowest BCUT2D eigenvalue weighted by atomic mass is 9.96. The lowest BCUT2D eigenvalue weighted by Gasteiger charge is -2.32. The van der Waals surface area contributed by atoms with E-state index in [-0.39, 0.29) is 16.7 Å². The Hall–Kier alpha value is -2.62. The van der Waals surface area contributed by atoms with Gasteiger partial charge in [0, 0.05) is 30.3 Å². The quantitative estimate of drug-likeness (QED) is 0.668. The minimum absolute atomic E-state index is 0.0303. The van der Waals surface area contributed by atoms with Crippen molar-refractivity contribution in [2.24, 2.45) is 5.14 Å². The molecule has 7 nitrogen and oxygen atoms in total. The third kappa shape index (κ3) is 4.43. The number of carbonyl (C=O) groups is 1. The molecule has 1 aliphatic heterocycles. The number of rotatable bonds is 4. The molecule has 1 atom stereocenters. The molecule has 1 aliphatic rings. The molecule has 0 radical (unpaired) electrons. The molecular formula is C21H22N4O3S2. The molecule has 1 aromatic carbocycles. The SMILES string of the molecule is Cc1cc(-c2cccs2)nc([C@@H]2CCCN(C(=O)c3cccc(S(N)(=O)=O)c3)C2)n1. The van der Waals surface area contributed by atoms with Gasteiger partial charge >= 0.3 is 0 Å². The summed E-state index contributed by atoms with van der Waals surface area (Å²) in [5.41, 5.74) is 2.11. The van der Waals surface area contributed by atoms with Gasteiger partial charge in [0.1, 0.15) is 5.82 Å². The molecule has 9 heteroatoms. The number of piperidine rings is 1. The van der Waals surface area contributed by atoms with Crippen molar-refractivity contribution in [2.75, 3.05) is 13.1 Å². The Bertz CT molecular complexity index is 1180. The van der Waals surface area contributed by atoms with Gasteiger partial charge in [-0.2, -0.15) is 0 Å². The van der Waals surface area contributed by atoms with Crippen molar-refractivity contribution in [3.63, 3.8) is 0 Å². The summed E-state index contributed by atoms with van der Waals surface area (Å²) in [6.07, 6.45) is 1.73. The van der Waals surface area contributed by atoms with Crippen LogP contribution in [0.1, 0.15) is 40.6 Å². The number of sulfonamides is 1. The molecule has 0 spiro atoms. The summed E-state index contributed by atoms with van der Waals surface area (Å²) in [5, 5.41) is 7.22. The minimum atomic E-state index is -3.86. The van der Waals surface area contributed by atoms with Gasteiger partial charge in [0.25, 0.3) is 5.91 Å². The van der Waals surface area contributed by atoms with Gasteiger partial charge in [-0.3, -0.25) is 4.79 Å². The van der Waals surface area contributed by atoms with E-state index in [0.717, 1.165) is 34.9 Å². The van der Waals surface area contributed by atoms with Gasteiger partial charge in [0.05, 0.1) is 15.5 Å². The first-order valence-electron chi connectivity index (χ1n) is 9.63. The van der Waals surface area contributed by atoms with E-state index in [1.165, 1.54) is 18.2 Å². The van der Waals surface area contributed by atoms with Crippen LogP contribution in [0, 0.1) is 6.92 Å². The highest BCUT2D eigenvalue weighted by Crippen LogP contribution is 2.29. The van der Waals surface area contributed by atoms with Crippen LogP contribution in [0.2, 0.25) is 0 Å². The van der Waals surface area contributed by atoms with Crippen molar-refractivity contribution < 1.29 is 13.2 Å². The van der Waals surface area contributed by atoms with Crippen LogP contribution in [0.5, 0.6) is 0 Å². The molecule has 2 aromatic heterocycles. The van der Waals surface area contributed by atoms with Crippen molar-refractivity contribution in [2.45, 2.75) is 30.6 Å². The highest BCUT2D eigenvalue weighted by molar-refractivity contribution is 7.89. The number of aromatic nitrogens is 2. The maximum absolute atomic E-state index is 13.0. The number of thiophene rings is 1. The molecule has 0 aliphatic carbocycles. The average molecular weight is 443 g/mol. The minimum Gasteiger partial charge on any atom is -0.338 e. The normalized spacial score (nSPS) is 17.1. The topological polar surface area (TPSA) is 106 Å². The second-order valence-electron chi connectivity index (χ2n) is 7.39. The van der Waals surface area contributed by atoms with Crippen LogP contribution in [0.3, 0.4) is 0 Å². The number of nitrogens with two attached hydrogens (primary N) is 1. The zero-order valence-electron chi connectivity index (χ0n) is 16.5. The first kappa shape index (κ1) is 20.6. The number of carbonyl (C=O) groups excluding carboxylic acids is 1. The fourth-order valence-electron chi connectivity index (χ4n) is 3.69. The van der Waals surface area contributed by atoms with Crippen LogP contribution in [-0.4, -0.2) is 42.3 Å². The van der Waals surface area contributed by atoms with Gasteiger partial charge in [-0.1, -0.05) is 12.1 Å². The Morgan fingerprint density at radius 3 is 2.77 bits per heavy atom. The summed E-state index contributed by atoms with van der Waals surface area (Å²) >= 11 is 1.63. The van der Waals surface area contributed by atoms with Crippen molar-refractivity contribution in [1.82, 2.24) is 14.9 Å². The molecule has 30 heavy (non-hydrogen) atoms. The first-order valence-corrected chi connectivity index (χ1v) is 12.1. The fraction of sp³-hybridized carbons (Fsp3) is 0.286. The van der Waals surface area contributed by atoms with Gasteiger partial charge in [-0.15, -0.1) is 11.3 Å². The zero-order valence-corrected chi connectivity index (χ0v) is 18.1. The third-order valence-corrected chi connectivity index (χ3v) is 6.93. The second kappa shape index (κ2) is 8.25. The predicted octanol–water partition coefficient (Wildman–Crippen LogP) is 3.18. The first-order chi connectivity index (χ1) is 14.3. The molecule has 1 saturated heterocycles. The van der Waals surface area contributed by atoms with E-state index >= 15 is 0 Å². The molecule has 4 rings (SSSR count). The van der Waals surface area contributed by atoms with Crippen LogP contribution in [0.4, 0.5) is 0 Å². The van der Waals surface area contributed by atoms with E-state index in [4.69, 9.17) is 10.1 Å². The summed E-state index contributed by atoms with van der Waals surface area (Å²) < 4.78 is 23.2. The van der Waals surface area contributed by atoms with Crippen molar-refractivity contribution in [3.8, 4) is 10.6 Å². The maximum Gasteiger partial charge on any atom is 0.253 e. The number of hydrogen-bond donors (Lipinski definition) is 1. The number of amides is 1. The van der Waals surface area contributed by atoms with Crippen LogP contribution >= 0.6 is 11.3 Å². The monoisotopic (exact) mass is 442 g/mol. The third-order valence-electron chi connectivity index (χ3n) is 5.13. The van der Waals surface area contributed by atoms with Crippen molar-refractivity contribution >= 4 is 27.3 Å². The van der Waals surface area contributed by atoms with E-state index in [1.54, 1.807) is 22.3 Å². The predicted molar refractivity (Wildman–Crippen MR) is 116 cm³/mol. The molecule has 0 saturated carbocycles. The molecule has 1 amide bonds. The summed E-state index contributed by atoms with van der Waals surface area (Å²) in [5.74, 6) is 0.563. The molecule has 2 N–H and O–H groups in total. The van der Waals surface area contributed by atoms with Crippen molar-refractivity contribution in [3.05, 3.63) is 64.9 Å². The fourth-order valence-corrected chi connectivity index (χ4v) is 4.93. The summed E-state index contributed by atoms with van der Waals surface area (Å²) in [7, 11) is -3.86. The lowest BCUT2D eigenvalue weighted by molar-refractivity contribution is 0.0704. The van der Waals surface area contributed by atoms with E-state index < -0.39 is 10.0 Å². The Kier molecular flexibility index (Phi) is 5.68. The average Bonchev–Trinajstić information content (AvgIpc) is 3.27. The van der Waals surface area contributed by atoms with Gasteiger partial charge < -0.3 is 4.90 Å². The van der Waals surface area contributed by atoms with Crippen LogP contribution in [-0.2, 0) is 10.0 Å². The highest BCUT2D eigenvalue weighted by Gasteiger charge is 2.28. The molecule has 1 fully saturated rings. The van der Waals surface area contributed by atoms with Gasteiger partial charge in [-0.25, -0.2) is 23.5 Å². The number of nitrogens with zero attached hydrogens (tertiary/aromatic N) is 3. The van der Waals surface area contributed by atoms with E-state index in [2.05, 4.69) is 4.98 Å². The van der Waals surface area contributed by atoms with Crippen molar-refractivity contribution in [1.29, 1.82) is 0 Å². The second-order valence-corrected chi connectivity index (χ2v) is 9.90. The van der Waals surface area contributed by atoms with E-state index in [1.807, 2.05) is 30.5 Å². The highest BCUT2D eigenvalue weighted by atomic mass is 32.2. The molecule has 0 bridgehead atoms. The largest absolute Gasteiger partial charge is 0.338 e. The summed E-state index contributed by atoms with van der Waals surface area (Å²) in [4.78, 5) is 25.2. The van der Waals surface area contributed by atoms with E-state index in [0.29, 0.717) is 18.7 Å². The molecule has 3 heterocycles. The number of benzene rings is 1. The maximum atomic E-state index is 13.0. The van der Waals surface area contributed by atoms with Crippen LogP contribution in [0.15, 0.2) is 52.7 Å². The van der Waals surface area contributed by atoms with Gasteiger partial charge in [0.15, 0.2) is 0 Å². The Labute approximate surface area is 179 Å². The Balaban J connectivity index is 1.58. The standard InChI is InChI=1S/C21H22N4O3S2/c1-14-11-18(19-8-4-10-29-19)24-20(23-14)16-6-3-9-25(13-16)21(26)15-5-2-7-17(12-15)30(22,27)28/h2,4-5,7-8,10-12,16H,3,6,9,13H2,1H3,(H2,22,27,28)/t16-/m1/s1. The van der Waals surface area contributed by atoms with Gasteiger partial charge in [-0.05, 0) is 55.5 Å². The van der Waals surface area contributed by atoms with Gasteiger partial charge in [0.2, 0.25) is 10.0 Å². The van der Waals surface area contributed by atoms with E-state index in [9.17, 15) is 13.2 Å². The van der Waals surface area contributed by atoms with Crippen LogP contribution < -0.4 is 5.14 Å². The summed E-state index contributed by atoms with van der Waals surface area (Å²) in [6.45, 7) is 3.05. The lowest BCUT2D eigenvalue weighted by Crippen LogP contribution is -2.39. The number of likely N-dealkylation sites (tertiary alicyclic amines) is 1. The number of aryl methyl sites for hydroxylation is 1. The molecule has 3 aromatic rings. The summed E-state index contributed by atoms with van der Waals surface area (Å²) in [6, 6.07) is 11.9. The molecule has 156 valence electrons. The van der Waals surface area contributed by atoms with Crippen LogP contribution in [0.25, 0.3) is 10.6 Å². The molecular weight excluding hydrogens is 420 g/mol. The molecule has 0 unspecified atom stereocenters. The number of hydrogen-bond acceptors (Lipinski definition) is 6.